The van der Waals surface area contributed by atoms with Gasteiger partial charge in [-0.3, -0.25) is 4.79 Å². The largest absolute Gasteiger partial charge is 0.396 e. The van der Waals surface area contributed by atoms with Crippen molar-refractivity contribution in [3.63, 3.8) is 0 Å². The molecule has 3 nitrogen and oxygen atoms in total. The van der Waals surface area contributed by atoms with Gasteiger partial charge < -0.3 is 10.0 Å². The van der Waals surface area contributed by atoms with Gasteiger partial charge >= 0.3 is 0 Å². The maximum Gasteiger partial charge on any atom is 0.224 e. The Bertz CT molecular complexity index is 442. The predicted molar refractivity (Wildman–Crippen MR) is 76.1 cm³/mol. The lowest BCUT2D eigenvalue weighted by Gasteiger charge is -2.19. The third-order valence-corrected chi connectivity index (χ3v) is 3.90. The molecule has 3 heteroatoms. The van der Waals surface area contributed by atoms with Crippen molar-refractivity contribution < 1.29 is 9.90 Å². The molecule has 0 heterocycles. The molecule has 0 saturated carbocycles. The second-order valence-electron chi connectivity index (χ2n) is 5.35. The van der Waals surface area contributed by atoms with Gasteiger partial charge in [0.2, 0.25) is 5.91 Å². The van der Waals surface area contributed by atoms with E-state index in [0.717, 1.165) is 13.0 Å². The number of benzene rings is 1. The fourth-order valence-electron chi connectivity index (χ4n) is 2.65. The number of rotatable bonds is 5. The molecule has 0 bridgehead atoms. The maximum absolute atomic E-state index is 11.6. The molecule has 0 saturated heterocycles. The first kappa shape index (κ1) is 14.1. The van der Waals surface area contributed by atoms with E-state index in [9.17, 15) is 4.79 Å². The first-order valence-electron chi connectivity index (χ1n) is 7.16. The Morgan fingerprint density at radius 2 is 2.00 bits per heavy atom. The molecule has 0 aromatic heterocycles. The Morgan fingerprint density at radius 3 is 2.74 bits per heavy atom. The van der Waals surface area contributed by atoms with Gasteiger partial charge in [-0.15, -0.1) is 0 Å². The Labute approximate surface area is 115 Å². The fourth-order valence-corrected chi connectivity index (χ4v) is 2.65. The van der Waals surface area contributed by atoms with E-state index in [2.05, 4.69) is 18.2 Å². The van der Waals surface area contributed by atoms with E-state index in [1.807, 2.05) is 0 Å². The number of carbonyl (C=O) groups excluding carboxylic acids is 1. The second-order valence-corrected chi connectivity index (χ2v) is 5.35. The number of carbonyl (C=O) groups is 1. The zero-order valence-electron chi connectivity index (χ0n) is 11.7. The van der Waals surface area contributed by atoms with E-state index in [1.165, 1.54) is 42.4 Å². The summed E-state index contributed by atoms with van der Waals surface area (Å²) >= 11 is 0. The first-order valence-corrected chi connectivity index (χ1v) is 7.16. The summed E-state index contributed by atoms with van der Waals surface area (Å²) in [5.41, 5.74) is 4.30. The van der Waals surface area contributed by atoms with Crippen molar-refractivity contribution in [2.24, 2.45) is 0 Å². The summed E-state index contributed by atoms with van der Waals surface area (Å²) in [6, 6.07) is 6.74. The number of aliphatic hydroxyl groups is 1. The van der Waals surface area contributed by atoms with Crippen LogP contribution in [0.15, 0.2) is 18.2 Å². The highest BCUT2D eigenvalue weighted by atomic mass is 16.3. The van der Waals surface area contributed by atoms with Gasteiger partial charge in [-0.1, -0.05) is 18.2 Å². The Kier molecular flexibility index (Phi) is 4.97. The minimum atomic E-state index is -0.0674. The van der Waals surface area contributed by atoms with Crippen LogP contribution in [0.3, 0.4) is 0 Å². The molecule has 0 atom stereocenters. The Morgan fingerprint density at radius 1 is 1.26 bits per heavy atom. The summed E-state index contributed by atoms with van der Waals surface area (Å²) in [6.07, 6.45) is 6.13. The summed E-state index contributed by atoms with van der Waals surface area (Å²) in [5, 5.41) is 8.76. The van der Waals surface area contributed by atoms with Crippen LogP contribution in [-0.2, 0) is 24.1 Å². The van der Waals surface area contributed by atoms with Crippen LogP contribution in [0.25, 0.3) is 0 Å². The number of aryl methyl sites for hydroxylation is 2. The second kappa shape index (κ2) is 6.71. The van der Waals surface area contributed by atoms with Crippen LogP contribution in [-0.4, -0.2) is 36.1 Å². The van der Waals surface area contributed by atoms with Crippen LogP contribution in [0.4, 0.5) is 0 Å². The molecule has 0 unspecified atom stereocenters. The quantitative estimate of drug-likeness (QED) is 0.880. The minimum absolute atomic E-state index is 0.0143. The molecule has 2 rings (SSSR count). The zero-order valence-corrected chi connectivity index (χ0v) is 11.7. The van der Waals surface area contributed by atoms with Gasteiger partial charge in [-0.05, 0) is 48.8 Å². The highest BCUT2D eigenvalue weighted by molar-refractivity contribution is 5.75. The van der Waals surface area contributed by atoms with Gasteiger partial charge in [-0.25, -0.2) is 0 Å². The summed E-state index contributed by atoms with van der Waals surface area (Å²) in [7, 11) is 1.80. The molecule has 1 aromatic rings. The lowest BCUT2D eigenvalue weighted by molar-refractivity contribution is -0.130. The summed E-state index contributed by atoms with van der Waals surface area (Å²) in [6.45, 7) is 0.652. The monoisotopic (exact) mass is 261 g/mol. The smallest absolute Gasteiger partial charge is 0.224 e. The van der Waals surface area contributed by atoms with Crippen molar-refractivity contribution in [2.75, 3.05) is 20.2 Å². The predicted octanol–water partition coefficient (Wildman–Crippen LogP) is 1.95. The van der Waals surface area contributed by atoms with Gasteiger partial charge in [0.15, 0.2) is 0 Å². The van der Waals surface area contributed by atoms with Gasteiger partial charge in [-0.2, -0.15) is 0 Å². The van der Waals surface area contributed by atoms with Gasteiger partial charge in [0.1, 0.15) is 0 Å². The maximum atomic E-state index is 11.6. The molecule has 0 spiro atoms. The number of likely N-dealkylation sites (N-methyl/N-ethyl adjacent to an activating group) is 1. The van der Waals surface area contributed by atoms with E-state index in [4.69, 9.17) is 5.11 Å². The number of aliphatic hydroxyl groups excluding tert-OH is 1. The van der Waals surface area contributed by atoms with Crippen molar-refractivity contribution in [1.82, 2.24) is 4.90 Å². The average molecular weight is 261 g/mol. The van der Waals surface area contributed by atoms with Gasteiger partial charge in [0.25, 0.3) is 0 Å². The molecule has 1 aromatic carbocycles. The third-order valence-electron chi connectivity index (χ3n) is 3.90. The van der Waals surface area contributed by atoms with Crippen LogP contribution in [0.5, 0.6) is 0 Å². The van der Waals surface area contributed by atoms with Gasteiger partial charge in [0.05, 0.1) is 6.61 Å². The SMILES string of the molecule is CN(CCc1ccc2c(c1)CCCC2)C(=O)CCO. The highest BCUT2D eigenvalue weighted by Gasteiger charge is 2.11. The molecule has 0 radical (unpaired) electrons. The van der Waals surface area contributed by atoms with Crippen LogP contribution < -0.4 is 0 Å². The number of nitrogens with zero attached hydrogens (tertiary/aromatic N) is 1. The third kappa shape index (κ3) is 3.80. The number of hydrogen-bond donors (Lipinski definition) is 1. The minimum Gasteiger partial charge on any atom is -0.396 e. The lowest BCUT2D eigenvalue weighted by atomic mass is 9.90. The van der Waals surface area contributed by atoms with Crippen LogP contribution in [0, 0.1) is 0 Å². The number of amides is 1. The first-order chi connectivity index (χ1) is 9.20. The van der Waals surface area contributed by atoms with E-state index in [1.54, 1.807) is 11.9 Å². The molecular formula is C16H23NO2. The summed E-state index contributed by atoms with van der Waals surface area (Å²) in [4.78, 5) is 13.3. The molecule has 104 valence electrons. The molecule has 1 amide bonds. The van der Waals surface area contributed by atoms with Crippen molar-refractivity contribution >= 4 is 5.91 Å². The average Bonchev–Trinajstić information content (AvgIpc) is 2.44. The topological polar surface area (TPSA) is 40.5 Å². The van der Waals surface area contributed by atoms with Crippen molar-refractivity contribution in [1.29, 1.82) is 0 Å². The molecule has 1 aliphatic rings. The highest BCUT2D eigenvalue weighted by Crippen LogP contribution is 2.22. The Balaban J connectivity index is 1.91. The summed E-state index contributed by atoms with van der Waals surface area (Å²) < 4.78 is 0. The van der Waals surface area contributed by atoms with Crippen molar-refractivity contribution in [3.8, 4) is 0 Å². The normalized spacial score (nSPS) is 14.0. The zero-order chi connectivity index (χ0) is 13.7. The standard InChI is InChI=1S/C16H23NO2/c1-17(16(19)9-11-18)10-8-13-6-7-14-4-2-3-5-15(14)12-13/h6-7,12,18H,2-5,8-11H2,1H3. The lowest BCUT2D eigenvalue weighted by Crippen LogP contribution is -2.29. The fraction of sp³-hybridized carbons (Fsp3) is 0.562. The molecule has 0 aliphatic heterocycles. The summed E-state index contributed by atoms with van der Waals surface area (Å²) in [5.74, 6) is 0.0143. The molecule has 1 aliphatic carbocycles. The number of fused-ring (bicyclic) bond motifs is 1. The van der Waals surface area contributed by atoms with Crippen LogP contribution in [0.2, 0.25) is 0 Å². The van der Waals surface area contributed by atoms with E-state index in [-0.39, 0.29) is 18.9 Å². The molecule has 19 heavy (non-hydrogen) atoms. The van der Waals surface area contributed by atoms with Crippen LogP contribution in [0.1, 0.15) is 36.0 Å². The number of hydrogen-bond acceptors (Lipinski definition) is 2. The molecule has 1 N–H and O–H groups in total. The molecule has 0 fully saturated rings. The van der Waals surface area contributed by atoms with Crippen molar-refractivity contribution in [2.45, 2.75) is 38.5 Å². The van der Waals surface area contributed by atoms with E-state index < -0.39 is 0 Å². The van der Waals surface area contributed by atoms with Crippen LogP contribution >= 0.6 is 0 Å². The molecular weight excluding hydrogens is 238 g/mol. The Hall–Kier alpha value is -1.35. The van der Waals surface area contributed by atoms with Gasteiger partial charge in [0, 0.05) is 20.0 Å². The van der Waals surface area contributed by atoms with Crippen molar-refractivity contribution in [3.05, 3.63) is 34.9 Å². The van der Waals surface area contributed by atoms with E-state index in [0.29, 0.717) is 0 Å². The van der Waals surface area contributed by atoms with E-state index >= 15 is 0 Å².